The van der Waals surface area contributed by atoms with Gasteiger partial charge in [-0.2, -0.15) is 0 Å². The molecule has 3 rings (SSSR count). The molecule has 0 bridgehead atoms. The second-order valence-corrected chi connectivity index (χ2v) is 6.15. The van der Waals surface area contributed by atoms with E-state index in [0.717, 1.165) is 31.6 Å². The molecule has 1 aliphatic heterocycles. The van der Waals surface area contributed by atoms with Crippen LogP contribution in [0.1, 0.15) is 32.0 Å². The number of aryl methyl sites for hydroxylation is 1. The number of aromatic nitrogens is 2. The molecule has 1 aromatic heterocycles. The first-order valence-electron chi connectivity index (χ1n) is 8.14. The van der Waals surface area contributed by atoms with E-state index in [-0.39, 0.29) is 0 Å². The van der Waals surface area contributed by atoms with Crippen molar-refractivity contribution >= 4 is 11.0 Å². The van der Waals surface area contributed by atoms with Gasteiger partial charge in [-0.3, -0.25) is 0 Å². The average Bonchev–Trinajstić information content (AvgIpc) is 2.84. The summed E-state index contributed by atoms with van der Waals surface area (Å²) in [4.78, 5) is 7.23. The number of para-hydroxylation sites is 2. The van der Waals surface area contributed by atoms with Crippen LogP contribution in [-0.2, 0) is 13.1 Å². The summed E-state index contributed by atoms with van der Waals surface area (Å²) in [5.41, 5.74) is 2.38. The first-order valence-corrected chi connectivity index (χ1v) is 8.14. The highest BCUT2D eigenvalue weighted by Gasteiger charge is 2.17. The Balaban J connectivity index is 1.75. The molecule has 0 spiro atoms. The molecule has 1 saturated heterocycles. The van der Waals surface area contributed by atoms with Crippen LogP contribution in [0, 0.1) is 0 Å². The van der Waals surface area contributed by atoms with Gasteiger partial charge in [-0.05, 0) is 45.0 Å². The lowest BCUT2D eigenvalue weighted by atomic mass is 10.1. The van der Waals surface area contributed by atoms with Gasteiger partial charge >= 0.3 is 0 Å². The van der Waals surface area contributed by atoms with Crippen LogP contribution in [0.4, 0.5) is 0 Å². The van der Waals surface area contributed by atoms with Crippen LogP contribution in [0.5, 0.6) is 0 Å². The van der Waals surface area contributed by atoms with Gasteiger partial charge in [0.25, 0.3) is 0 Å². The Bertz CT molecular complexity index is 589. The van der Waals surface area contributed by atoms with Gasteiger partial charge in [-0.15, -0.1) is 0 Å². The Morgan fingerprint density at radius 3 is 3.00 bits per heavy atom. The fourth-order valence-corrected chi connectivity index (χ4v) is 3.30. The molecule has 114 valence electrons. The standard InChI is InChI=1S/C17H26N4/c1-3-10-21-16-9-5-4-8-15(16)19-17(21)12-18-14-7-6-11-20(2)13-14/h4-5,8-9,14,18H,3,6-7,10-13H2,1-2H3. The van der Waals surface area contributed by atoms with E-state index in [9.17, 15) is 0 Å². The number of fused-ring (bicyclic) bond motifs is 1. The van der Waals surface area contributed by atoms with Crippen molar-refractivity contribution in [2.45, 2.75) is 45.3 Å². The number of nitrogens with zero attached hydrogens (tertiary/aromatic N) is 3. The molecule has 4 nitrogen and oxygen atoms in total. The van der Waals surface area contributed by atoms with Gasteiger partial charge in [0, 0.05) is 19.1 Å². The van der Waals surface area contributed by atoms with E-state index in [1.807, 2.05) is 0 Å². The monoisotopic (exact) mass is 286 g/mol. The van der Waals surface area contributed by atoms with Gasteiger partial charge in [0.1, 0.15) is 5.82 Å². The van der Waals surface area contributed by atoms with E-state index in [1.54, 1.807) is 0 Å². The summed E-state index contributed by atoms with van der Waals surface area (Å²) in [5, 5.41) is 3.70. The minimum Gasteiger partial charge on any atom is -0.327 e. The van der Waals surface area contributed by atoms with Crippen molar-refractivity contribution < 1.29 is 0 Å². The quantitative estimate of drug-likeness (QED) is 0.917. The maximum Gasteiger partial charge on any atom is 0.123 e. The second kappa shape index (κ2) is 6.58. The van der Waals surface area contributed by atoms with Gasteiger partial charge < -0.3 is 14.8 Å². The molecule has 2 aromatic rings. The molecule has 0 aliphatic carbocycles. The number of hydrogen-bond acceptors (Lipinski definition) is 3. The maximum absolute atomic E-state index is 4.82. The number of rotatable bonds is 5. The van der Waals surface area contributed by atoms with E-state index in [0.29, 0.717) is 6.04 Å². The Kier molecular flexibility index (Phi) is 4.56. The normalized spacial score (nSPS) is 20.2. The first kappa shape index (κ1) is 14.5. The predicted molar refractivity (Wildman–Crippen MR) is 87.4 cm³/mol. The Hall–Kier alpha value is -1.39. The van der Waals surface area contributed by atoms with Gasteiger partial charge in [0.2, 0.25) is 0 Å². The summed E-state index contributed by atoms with van der Waals surface area (Å²) < 4.78 is 2.37. The molecule has 1 aromatic carbocycles. The van der Waals surface area contributed by atoms with Crippen molar-refractivity contribution in [1.29, 1.82) is 0 Å². The summed E-state index contributed by atoms with van der Waals surface area (Å²) in [6, 6.07) is 9.05. The molecule has 1 atom stereocenters. The van der Waals surface area contributed by atoms with Crippen molar-refractivity contribution in [2.24, 2.45) is 0 Å². The average molecular weight is 286 g/mol. The molecular formula is C17H26N4. The second-order valence-electron chi connectivity index (χ2n) is 6.15. The molecule has 0 saturated carbocycles. The lowest BCUT2D eigenvalue weighted by Crippen LogP contribution is -2.43. The van der Waals surface area contributed by atoms with Crippen molar-refractivity contribution in [3.63, 3.8) is 0 Å². The van der Waals surface area contributed by atoms with Crippen molar-refractivity contribution in [3.8, 4) is 0 Å². The van der Waals surface area contributed by atoms with Gasteiger partial charge in [-0.25, -0.2) is 4.98 Å². The van der Waals surface area contributed by atoms with Crippen LogP contribution in [0.2, 0.25) is 0 Å². The van der Waals surface area contributed by atoms with Gasteiger partial charge in [0.15, 0.2) is 0 Å². The van der Waals surface area contributed by atoms with Gasteiger partial charge in [0.05, 0.1) is 17.6 Å². The predicted octanol–water partition coefficient (Wildman–Crippen LogP) is 2.63. The first-order chi connectivity index (χ1) is 10.3. The van der Waals surface area contributed by atoms with E-state index >= 15 is 0 Å². The third kappa shape index (κ3) is 3.27. The van der Waals surface area contributed by atoms with Crippen molar-refractivity contribution in [2.75, 3.05) is 20.1 Å². The zero-order valence-corrected chi connectivity index (χ0v) is 13.2. The van der Waals surface area contributed by atoms with E-state index in [2.05, 4.69) is 53.0 Å². The minimum atomic E-state index is 0.596. The zero-order chi connectivity index (χ0) is 14.7. The third-order valence-corrected chi connectivity index (χ3v) is 4.35. The third-order valence-electron chi connectivity index (χ3n) is 4.35. The number of imidazole rings is 1. The van der Waals surface area contributed by atoms with Crippen LogP contribution in [0.15, 0.2) is 24.3 Å². The van der Waals surface area contributed by atoms with Crippen LogP contribution in [0.25, 0.3) is 11.0 Å². The van der Waals surface area contributed by atoms with Crippen molar-refractivity contribution in [3.05, 3.63) is 30.1 Å². The Morgan fingerprint density at radius 2 is 2.19 bits per heavy atom. The van der Waals surface area contributed by atoms with E-state index in [4.69, 9.17) is 4.98 Å². The number of piperidine rings is 1. The topological polar surface area (TPSA) is 33.1 Å². The number of likely N-dealkylation sites (N-methyl/N-ethyl adjacent to an activating group) is 1. The fourth-order valence-electron chi connectivity index (χ4n) is 3.30. The highest BCUT2D eigenvalue weighted by Crippen LogP contribution is 2.17. The van der Waals surface area contributed by atoms with E-state index < -0.39 is 0 Å². The lowest BCUT2D eigenvalue weighted by Gasteiger charge is -2.30. The van der Waals surface area contributed by atoms with Crippen LogP contribution < -0.4 is 5.32 Å². The maximum atomic E-state index is 4.82. The number of benzene rings is 1. The summed E-state index contributed by atoms with van der Waals surface area (Å²) in [5.74, 6) is 1.17. The molecule has 2 heterocycles. The zero-order valence-electron chi connectivity index (χ0n) is 13.2. The summed E-state index contributed by atoms with van der Waals surface area (Å²) in [7, 11) is 2.21. The summed E-state index contributed by atoms with van der Waals surface area (Å²) in [6.07, 6.45) is 3.71. The summed E-state index contributed by atoms with van der Waals surface area (Å²) in [6.45, 7) is 6.51. The highest BCUT2D eigenvalue weighted by molar-refractivity contribution is 5.75. The van der Waals surface area contributed by atoms with Crippen LogP contribution >= 0.6 is 0 Å². The SMILES string of the molecule is CCCn1c(CNC2CCCN(C)C2)nc2ccccc21. The lowest BCUT2D eigenvalue weighted by molar-refractivity contribution is 0.225. The number of likely N-dealkylation sites (tertiary alicyclic amines) is 1. The van der Waals surface area contributed by atoms with E-state index in [1.165, 1.54) is 30.7 Å². The van der Waals surface area contributed by atoms with Crippen LogP contribution in [-0.4, -0.2) is 40.6 Å². The minimum absolute atomic E-state index is 0.596. The van der Waals surface area contributed by atoms with Gasteiger partial charge in [-0.1, -0.05) is 19.1 Å². The fraction of sp³-hybridized carbons (Fsp3) is 0.588. The molecule has 4 heteroatoms. The molecular weight excluding hydrogens is 260 g/mol. The largest absolute Gasteiger partial charge is 0.327 e. The highest BCUT2D eigenvalue weighted by atomic mass is 15.2. The molecule has 0 radical (unpaired) electrons. The molecule has 0 amide bonds. The smallest absolute Gasteiger partial charge is 0.123 e. The van der Waals surface area contributed by atoms with Crippen LogP contribution in [0.3, 0.4) is 0 Å². The number of nitrogens with one attached hydrogen (secondary N) is 1. The molecule has 1 aliphatic rings. The summed E-state index contributed by atoms with van der Waals surface area (Å²) >= 11 is 0. The van der Waals surface area contributed by atoms with Crippen molar-refractivity contribution in [1.82, 2.24) is 19.8 Å². The molecule has 1 N–H and O–H groups in total. The Morgan fingerprint density at radius 1 is 1.33 bits per heavy atom. The molecule has 1 unspecified atom stereocenters. The molecule has 1 fully saturated rings. The Labute approximate surface area is 127 Å². The molecule has 21 heavy (non-hydrogen) atoms. The number of hydrogen-bond donors (Lipinski definition) is 1.